The van der Waals surface area contributed by atoms with Crippen LogP contribution in [0.15, 0.2) is 182 Å². The molecule has 1 aromatic heterocycles. The molecule has 0 spiro atoms. The Labute approximate surface area is 344 Å². The summed E-state index contributed by atoms with van der Waals surface area (Å²) in [5, 5.41) is 8.94. The molecule has 2 atom stereocenters. The highest BCUT2D eigenvalue weighted by atomic mass is 32.1. The Morgan fingerprint density at radius 1 is 0.603 bits per heavy atom. The molecule has 58 heavy (non-hydrogen) atoms. The quantitative estimate of drug-likeness (QED) is 0.174. The van der Waals surface area contributed by atoms with E-state index in [9.17, 15) is 0 Å². The monoisotopic (exact) mass is 762 g/mol. The first-order chi connectivity index (χ1) is 28.7. The first-order valence-electron chi connectivity index (χ1n) is 20.4. The Hall–Kier alpha value is -6.68. The van der Waals surface area contributed by atoms with Gasteiger partial charge in [0.25, 0.3) is 0 Å². The van der Waals surface area contributed by atoms with Crippen LogP contribution in [0.1, 0.15) is 47.1 Å². The summed E-state index contributed by atoms with van der Waals surface area (Å²) >= 11 is 1.86. The maximum Gasteiger partial charge on any atom is 0.0540 e. The topological polar surface area (TPSA) is 15.3 Å². The number of hydrogen-bond donors (Lipinski definition) is 1. The molecule has 9 aromatic rings. The van der Waals surface area contributed by atoms with Gasteiger partial charge < -0.3 is 10.2 Å². The summed E-state index contributed by atoms with van der Waals surface area (Å²) in [6, 6.07) is 62.5. The Morgan fingerprint density at radius 2 is 1.33 bits per heavy atom. The van der Waals surface area contributed by atoms with E-state index in [2.05, 4.69) is 211 Å². The molecule has 3 heteroatoms. The van der Waals surface area contributed by atoms with E-state index < -0.39 is 0 Å². The van der Waals surface area contributed by atoms with Gasteiger partial charge in [-0.15, -0.1) is 11.3 Å². The third-order valence-electron chi connectivity index (χ3n) is 12.2. The molecule has 2 unspecified atom stereocenters. The molecule has 0 amide bonds. The van der Waals surface area contributed by atoms with Crippen LogP contribution < -0.4 is 10.2 Å². The highest BCUT2D eigenvalue weighted by molar-refractivity contribution is 7.25. The summed E-state index contributed by atoms with van der Waals surface area (Å²) in [6.45, 7) is 2.36. The van der Waals surface area contributed by atoms with Crippen molar-refractivity contribution in [2.24, 2.45) is 5.92 Å². The molecule has 278 valence electrons. The van der Waals surface area contributed by atoms with Gasteiger partial charge in [-0.25, -0.2) is 0 Å². The summed E-state index contributed by atoms with van der Waals surface area (Å²) in [6.07, 6.45) is 11.6. The highest BCUT2D eigenvalue weighted by Crippen LogP contribution is 2.47. The molecule has 2 nitrogen and oxygen atoms in total. The van der Waals surface area contributed by atoms with Gasteiger partial charge in [0.15, 0.2) is 0 Å². The molecule has 8 aromatic carbocycles. The number of rotatable bonds is 7. The number of hydrogen-bond acceptors (Lipinski definition) is 3. The van der Waals surface area contributed by atoms with E-state index in [0.717, 1.165) is 29.9 Å². The van der Waals surface area contributed by atoms with Crippen molar-refractivity contribution in [2.75, 3.05) is 10.2 Å². The minimum Gasteiger partial charge on any atom is -0.355 e. The summed E-state index contributed by atoms with van der Waals surface area (Å²) < 4.78 is 2.63. The van der Waals surface area contributed by atoms with Gasteiger partial charge in [0, 0.05) is 54.2 Å². The lowest BCUT2D eigenvalue weighted by atomic mass is 9.73. The molecule has 0 radical (unpaired) electrons. The molecule has 11 rings (SSSR count). The third kappa shape index (κ3) is 6.02. The molecule has 0 bridgehead atoms. The van der Waals surface area contributed by atoms with Crippen LogP contribution in [0.3, 0.4) is 0 Å². The lowest BCUT2D eigenvalue weighted by Crippen LogP contribution is -2.18. The third-order valence-corrected chi connectivity index (χ3v) is 13.4. The number of allylic oxidation sites excluding steroid dienone is 2. The standard InChI is InChI=1S/C55H42N2S/c1-36-21-22-40-12-3-6-16-46(40)54(36)55-47-17-7-4-13-41(47)27-33-50(55)56-42-28-23-37(24-29-42)38-25-30-43(31-26-38)57(51-19-10-14-39-11-2-5-15-45(39)51)44-32-34-53-49(35-44)48-18-8-9-20-52(48)58-53/h2-3,5-12,14-36,54,56H,4,13H2,1H3. The second kappa shape index (κ2) is 14.4. The lowest BCUT2D eigenvalue weighted by molar-refractivity contribution is 0.618. The van der Waals surface area contributed by atoms with Crippen LogP contribution in [-0.4, -0.2) is 0 Å². The summed E-state index contributed by atoms with van der Waals surface area (Å²) in [4.78, 5) is 2.41. The minimum atomic E-state index is 0.277. The van der Waals surface area contributed by atoms with Crippen LogP contribution in [0.2, 0.25) is 0 Å². The fraction of sp³-hybridized carbons (Fsp3) is 0.0909. The van der Waals surface area contributed by atoms with E-state index in [1.165, 1.54) is 81.3 Å². The van der Waals surface area contributed by atoms with Gasteiger partial charge in [0.05, 0.1) is 5.69 Å². The number of nitrogens with one attached hydrogen (secondary N) is 1. The average molecular weight is 763 g/mol. The molecule has 0 saturated heterocycles. The van der Waals surface area contributed by atoms with E-state index in [-0.39, 0.29) is 5.92 Å². The van der Waals surface area contributed by atoms with Crippen molar-refractivity contribution >= 4 is 82.9 Å². The van der Waals surface area contributed by atoms with Crippen molar-refractivity contribution in [1.29, 1.82) is 0 Å². The zero-order chi connectivity index (χ0) is 38.6. The van der Waals surface area contributed by atoms with Crippen molar-refractivity contribution in [3.8, 4) is 11.1 Å². The van der Waals surface area contributed by atoms with Crippen molar-refractivity contribution in [1.82, 2.24) is 0 Å². The predicted molar refractivity (Wildman–Crippen MR) is 251 cm³/mol. The molecular weight excluding hydrogens is 721 g/mol. The van der Waals surface area contributed by atoms with E-state index in [4.69, 9.17) is 0 Å². The van der Waals surface area contributed by atoms with Crippen molar-refractivity contribution < 1.29 is 0 Å². The van der Waals surface area contributed by atoms with Crippen molar-refractivity contribution in [3.05, 3.63) is 210 Å². The Kier molecular flexibility index (Phi) is 8.56. The van der Waals surface area contributed by atoms with Gasteiger partial charge in [0.1, 0.15) is 0 Å². The second-order valence-corrected chi connectivity index (χ2v) is 16.8. The van der Waals surface area contributed by atoms with Crippen LogP contribution in [0.25, 0.3) is 54.2 Å². The molecule has 2 aliphatic carbocycles. The van der Waals surface area contributed by atoms with Gasteiger partial charge in [-0.05, 0) is 124 Å². The van der Waals surface area contributed by atoms with Gasteiger partial charge in [-0.1, -0.05) is 140 Å². The maximum absolute atomic E-state index is 3.88. The highest BCUT2D eigenvalue weighted by Gasteiger charge is 2.30. The Balaban J connectivity index is 0.934. The van der Waals surface area contributed by atoms with Crippen LogP contribution >= 0.6 is 11.3 Å². The summed E-state index contributed by atoms with van der Waals surface area (Å²) in [5.41, 5.74) is 15.1. The van der Waals surface area contributed by atoms with Gasteiger partial charge >= 0.3 is 0 Å². The van der Waals surface area contributed by atoms with E-state index in [1.807, 2.05) is 11.3 Å². The fourth-order valence-corrected chi connectivity index (χ4v) is 10.5. The van der Waals surface area contributed by atoms with E-state index in [0.29, 0.717) is 5.92 Å². The zero-order valence-electron chi connectivity index (χ0n) is 32.4. The number of anilines is 5. The van der Waals surface area contributed by atoms with Crippen LogP contribution in [0, 0.1) is 5.92 Å². The Morgan fingerprint density at radius 3 is 2.21 bits per heavy atom. The number of fused-ring (bicyclic) bond motifs is 6. The van der Waals surface area contributed by atoms with E-state index in [1.54, 1.807) is 0 Å². The zero-order valence-corrected chi connectivity index (χ0v) is 33.2. The normalized spacial score (nSPS) is 15.7. The second-order valence-electron chi connectivity index (χ2n) is 15.7. The van der Waals surface area contributed by atoms with Gasteiger partial charge in [0.2, 0.25) is 0 Å². The molecule has 2 aliphatic rings. The first kappa shape index (κ1) is 34.6. The maximum atomic E-state index is 3.88. The smallest absolute Gasteiger partial charge is 0.0540 e. The Bertz CT molecular complexity index is 3050. The number of aryl methyl sites for hydroxylation is 1. The van der Waals surface area contributed by atoms with Crippen LogP contribution in [0.4, 0.5) is 28.4 Å². The summed E-state index contributed by atoms with van der Waals surface area (Å²) in [5.74, 6) is 0.664. The molecule has 0 saturated carbocycles. The van der Waals surface area contributed by atoms with Gasteiger partial charge in [-0.2, -0.15) is 0 Å². The van der Waals surface area contributed by atoms with Crippen molar-refractivity contribution in [2.45, 2.75) is 25.7 Å². The minimum absolute atomic E-state index is 0.277. The van der Waals surface area contributed by atoms with Gasteiger partial charge in [-0.3, -0.25) is 0 Å². The molecular formula is C55H42N2S. The lowest BCUT2D eigenvalue weighted by Gasteiger charge is -2.32. The van der Waals surface area contributed by atoms with Crippen LogP contribution in [-0.2, 0) is 6.42 Å². The summed E-state index contributed by atoms with van der Waals surface area (Å²) in [7, 11) is 0. The van der Waals surface area contributed by atoms with E-state index >= 15 is 0 Å². The van der Waals surface area contributed by atoms with Crippen molar-refractivity contribution in [3.63, 3.8) is 0 Å². The molecule has 1 N–H and O–H groups in total. The number of nitrogens with zero attached hydrogens (tertiary/aromatic N) is 1. The average Bonchev–Trinajstić information content (AvgIpc) is 3.65. The SMILES string of the molecule is CC1C=Cc2ccccc2C1c1c(Nc2ccc(-c3ccc(N(c4ccc5sc6ccccc6c5c4)c4cccc5ccccc45)cc3)cc2)ccc2c1C=CCC2. The molecule has 0 fully saturated rings. The largest absolute Gasteiger partial charge is 0.355 e. The van der Waals surface area contributed by atoms with Crippen LogP contribution in [0.5, 0.6) is 0 Å². The number of thiophene rings is 1. The fourth-order valence-electron chi connectivity index (χ4n) is 9.38. The molecule has 1 heterocycles. The predicted octanol–water partition coefficient (Wildman–Crippen LogP) is 15.8. The first-order valence-corrected chi connectivity index (χ1v) is 21.2. The molecule has 0 aliphatic heterocycles. The number of benzene rings is 8.